The summed E-state index contributed by atoms with van der Waals surface area (Å²) in [6, 6.07) is 18.8. The summed E-state index contributed by atoms with van der Waals surface area (Å²) in [4.78, 5) is 26.3. The molecule has 0 unspecified atom stereocenters. The molecule has 1 aliphatic heterocycles. The second-order valence-electron chi connectivity index (χ2n) is 6.92. The molecule has 0 aliphatic carbocycles. The minimum atomic E-state index is -0.562. The van der Waals surface area contributed by atoms with Crippen LogP contribution in [-0.4, -0.2) is 16.0 Å². The number of ether oxygens (including phenoxy) is 1. The molecule has 1 fully saturated rings. The molecule has 0 radical (unpaired) electrons. The van der Waals surface area contributed by atoms with Gasteiger partial charge < -0.3 is 4.74 Å². The molecule has 0 atom stereocenters. The van der Waals surface area contributed by atoms with Crippen molar-refractivity contribution in [1.82, 2.24) is 4.90 Å². The predicted molar refractivity (Wildman–Crippen MR) is 125 cm³/mol. The first-order chi connectivity index (χ1) is 15.4. The van der Waals surface area contributed by atoms with E-state index in [9.17, 15) is 14.0 Å². The van der Waals surface area contributed by atoms with E-state index < -0.39 is 17.0 Å². The summed E-state index contributed by atoms with van der Waals surface area (Å²) in [6.45, 7) is 0.110. The third-order valence-corrected chi connectivity index (χ3v) is 6.41. The molecular formula is C24H16Cl2FNO3S. The van der Waals surface area contributed by atoms with Gasteiger partial charge in [0, 0.05) is 21.2 Å². The summed E-state index contributed by atoms with van der Waals surface area (Å²) in [6.07, 6.45) is 1.62. The molecule has 2 amide bonds. The second kappa shape index (κ2) is 9.77. The van der Waals surface area contributed by atoms with E-state index in [4.69, 9.17) is 27.9 Å². The van der Waals surface area contributed by atoms with Crippen molar-refractivity contribution in [1.29, 1.82) is 0 Å². The molecule has 4 nitrogen and oxygen atoms in total. The second-order valence-corrected chi connectivity index (χ2v) is 8.72. The zero-order valence-electron chi connectivity index (χ0n) is 16.6. The maximum absolute atomic E-state index is 14.1. The van der Waals surface area contributed by atoms with Gasteiger partial charge in [0.25, 0.3) is 11.1 Å². The van der Waals surface area contributed by atoms with Gasteiger partial charge in [0.2, 0.25) is 0 Å². The molecule has 3 aromatic carbocycles. The molecule has 0 aromatic heterocycles. The van der Waals surface area contributed by atoms with Crippen molar-refractivity contribution in [3.63, 3.8) is 0 Å². The lowest BCUT2D eigenvalue weighted by Gasteiger charge is -2.14. The summed E-state index contributed by atoms with van der Waals surface area (Å²) in [5.41, 5.74) is 1.71. The monoisotopic (exact) mass is 487 g/mol. The van der Waals surface area contributed by atoms with Crippen LogP contribution < -0.4 is 4.74 Å². The highest BCUT2D eigenvalue weighted by molar-refractivity contribution is 8.18. The Bertz CT molecular complexity index is 1190. The fourth-order valence-corrected chi connectivity index (χ4v) is 4.32. The van der Waals surface area contributed by atoms with Gasteiger partial charge in [-0.25, -0.2) is 4.39 Å². The Hall–Kier alpha value is -2.80. The quantitative estimate of drug-likeness (QED) is 0.353. The van der Waals surface area contributed by atoms with Gasteiger partial charge in [-0.05, 0) is 53.7 Å². The predicted octanol–water partition coefficient (Wildman–Crippen LogP) is 6.95. The van der Waals surface area contributed by atoms with Gasteiger partial charge in [0.05, 0.1) is 11.4 Å². The van der Waals surface area contributed by atoms with E-state index in [0.29, 0.717) is 17.4 Å². The van der Waals surface area contributed by atoms with Crippen molar-refractivity contribution in [2.24, 2.45) is 0 Å². The van der Waals surface area contributed by atoms with Crippen LogP contribution in [0.5, 0.6) is 5.75 Å². The highest BCUT2D eigenvalue weighted by atomic mass is 35.5. The number of thioether (sulfide) groups is 1. The first-order valence-corrected chi connectivity index (χ1v) is 11.1. The van der Waals surface area contributed by atoms with E-state index in [0.717, 1.165) is 27.8 Å². The summed E-state index contributed by atoms with van der Waals surface area (Å²) < 4.78 is 19.8. The normalized spacial score (nSPS) is 15.0. The standard InChI is InChI=1S/C24H16Cl2FNO3S/c25-19-5-2-1-4-16(19)14-31-17-10-8-15(9-11-17)12-22-23(29)28(24(30)32-22)13-18-20(26)6-3-7-21(18)27/h1-12H,13-14H2/b22-12-. The van der Waals surface area contributed by atoms with Crippen LogP contribution >= 0.6 is 35.0 Å². The molecule has 1 heterocycles. The number of amides is 2. The third-order valence-electron chi connectivity index (χ3n) is 4.78. The highest BCUT2D eigenvalue weighted by Crippen LogP contribution is 2.34. The largest absolute Gasteiger partial charge is 0.489 e. The Balaban J connectivity index is 1.44. The SMILES string of the molecule is O=C1S/C(=C\c2ccc(OCc3ccccc3Cl)cc2)C(=O)N1Cc1c(F)cccc1Cl. The number of hydrogen-bond acceptors (Lipinski definition) is 4. The Morgan fingerprint density at radius 1 is 0.938 bits per heavy atom. The van der Waals surface area contributed by atoms with Crippen molar-refractivity contribution in [3.05, 3.63) is 104 Å². The molecule has 0 spiro atoms. The number of rotatable bonds is 6. The summed E-state index contributed by atoms with van der Waals surface area (Å²) >= 11 is 13.0. The number of halogens is 3. The van der Waals surface area contributed by atoms with Crippen LogP contribution in [0.3, 0.4) is 0 Å². The Kier molecular flexibility index (Phi) is 6.84. The summed E-state index contributed by atoms with van der Waals surface area (Å²) in [7, 11) is 0. The fraction of sp³-hybridized carbons (Fsp3) is 0.0833. The van der Waals surface area contributed by atoms with Crippen molar-refractivity contribution in [2.45, 2.75) is 13.2 Å². The van der Waals surface area contributed by atoms with Gasteiger partial charge in [-0.1, -0.05) is 59.6 Å². The molecular weight excluding hydrogens is 472 g/mol. The van der Waals surface area contributed by atoms with Crippen LogP contribution in [-0.2, 0) is 17.9 Å². The Labute approximate surface area is 198 Å². The zero-order valence-corrected chi connectivity index (χ0v) is 18.9. The Morgan fingerprint density at radius 2 is 1.66 bits per heavy atom. The summed E-state index contributed by atoms with van der Waals surface area (Å²) in [5.74, 6) is -0.407. The molecule has 162 valence electrons. The highest BCUT2D eigenvalue weighted by Gasteiger charge is 2.35. The van der Waals surface area contributed by atoms with Crippen LogP contribution in [0.1, 0.15) is 16.7 Å². The van der Waals surface area contributed by atoms with Crippen LogP contribution in [0.25, 0.3) is 6.08 Å². The minimum Gasteiger partial charge on any atom is -0.489 e. The van der Waals surface area contributed by atoms with Gasteiger partial charge in [0.15, 0.2) is 0 Å². The van der Waals surface area contributed by atoms with Crippen molar-refractivity contribution >= 4 is 52.2 Å². The molecule has 0 bridgehead atoms. The lowest BCUT2D eigenvalue weighted by Crippen LogP contribution is -2.28. The fourth-order valence-electron chi connectivity index (χ4n) is 3.07. The summed E-state index contributed by atoms with van der Waals surface area (Å²) in [5, 5.41) is 0.331. The molecule has 0 saturated carbocycles. The van der Waals surface area contributed by atoms with E-state index in [1.165, 1.54) is 18.2 Å². The van der Waals surface area contributed by atoms with E-state index in [1.54, 1.807) is 36.4 Å². The van der Waals surface area contributed by atoms with Crippen molar-refractivity contribution < 1.29 is 18.7 Å². The van der Waals surface area contributed by atoms with Crippen LogP contribution in [0, 0.1) is 5.82 Å². The van der Waals surface area contributed by atoms with Crippen LogP contribution in [0.2, 0.25) is 10.0 Å². The van der Waals surface area contributed by atoms with Crippen molar-refractivity contribution in [2.75, 3.05) is 0 Å². The lowest BCUT2D eigenvalue weighted by molar-refractivity contribution is -0.123. The van der Waals surface area contributed by atoms with E-state index in [1.807, 2.05) is 18.2 Å². The topological polar surface area (TPSA) is 46.6 Å². The third kappa shape index (κ3) is 4.99. The smallest absolute Gasteiger partial charge is 0.293 e. The molecule has 4 rings (SSSR count). The van der Waals surface area contributed by atoms with Gasteiger partial charge in [-0.15, -0.1) is 0 Å². The average molecular weight is 488 g/mol. The van der Waals surface area contributed by atoms with Crippen molar-refractivity contribution in [3.8, 4) is 5.75 Å². The number of benzene rings is 3. The Morgan fingerprint density at radius 3 is 2.38 bits per heavy atom. The van der Waals surface area contributed by atoms with Gasteiger partial charge >= 0.3 is 0 Å². The van der Waals surface area contributed by atoms with Gasteiger partial charge in [0.1, 0.15) is 18.2 Å². The van der Waals surface area contributed by atoms with Crippen LogP contribution in [0.15, 0.2) is 71.6 Å². The number of carbonyl (C=O) groups excluding carboxylic acids is 2. The van der Waals surface area contributed by atoms with E-state index in [-0.39, 0.29) is 22.0 Å². The maximum atomic E-state index is 14.1. The molecule has 1 aliphatic rings. The molecule has 32 heavy (non-hydrogen) atoms. The van der Waals surface area contributed by atoms with E-state index >= 15 is 0 Å². The first kappa shape index (κ1) is 22.4. The lowest BCUT2D eigenvalue weighted by atomic mass is 10.2. The van der Waals surface area contributed by atoms with Crippen LogP contribution in [0.4, 0.5) is 9.18 Å². The molecule has 0 N–H and O–H groups in total. The number of nitrogens with zero attached hydrogens (tertiary/aromatic N) is 1. The molecule has 8 heteroatoms. The molecule has 3 aromatic rings. The minimum absolute atomic E-state index is 0.109. The maximum Gasteiger partial charge on any atom is 0.293 e. The van der Waals surface area contributed by atoms with Gasteiger partial charge in [-0.3, -0.25) is 14.5 Å². The number of carbonyl (C=O) groups is 2. The molecule has 1 saturated heterocycles. The first-order valence-electron chi connectivity index (χ1n) is 9.57. The van der Waals surface area contributed by atoms with E-state index in [2.05, 4.69) is 0 Å². The number of imide groups is 1. The number of hydrogen-bond donors (Lipinski definition) is 0. The average Bonchev–Trinajstić information content (AvgIpc) is 3.04. The zero-order chi connectivity index (χ0) is 22.7. The van der Waals surface area contributed by atoms with Gasteiger partial charge in [-0.2, -0.15) is 0 Å².